The first-order valence-electron chi connectivity index (χ1n) is 4.05. The van der Waals surface area contributed by atoms with Crippen molar-refractivity contribution in [1.29, 1.82) is 0 Å². The molecule has 1 N–H and O–H groups in total. The van der Waals surface area contributed by atoms with Crippen molar-refractivity contribution in [3.8, 4) is 0 Å². The molecule has 0 saturated carbocycles. The maximum absolute atomic E-state index is 9.19. The topological polar surface area (TPSA) is 20.2 Å². The van der Waals surface area contributed by atoms with Crippen molar-refractivity contribution >= 4 is 11.6 Å². The van der Waals surface area contributed by atoms with Crippen molar-refractivity contribution in [3.05, 3.63) is 0 Å². The van der Waals surface area contributed by atoms with E-state index in [1.807, 2.05) is 0 Å². The zero-order chi connectivity index (χ0) is 7.82. The van der Waals surface area contributed by atoms with Gasteiger partial charge >= 0.3 is 0 Å². The quantitative estimate of drug-likeness (QED) is 0.473. The van der Waals surface area contributed by atoms with Gasteiger partial charge in [0.1, 0.15) is 0 Å². The minimum atomic E-state index is -0.163. The average Bonchev–Trinajstić information content (AvgIpc) is 1.89. The second kappa shape index (κ2) is 7.36. The molecule has 0 spiro atoms. The molecule has 0 radical (unpaired) electrons. The number of hydrogen-bond donors (Lipinski definition) is 1. The Morgan fingerprint density at radius 1 is 1.30 bits per heavy atom. The molecule has 0 amide bonds. The predicted octanol–water partition coefficient (Wildman–Crippen LogP) is 2.56. The molecule has 1 unspecified atom stereocenters. The second-order valence-electron chi connectivity index (χ2n) is 2.63. The molecule has 0 aromatic rings. The molecule has 0 bridgehead atoms. The highest BCUT2D eigenvalue weighted by atomic mass is 35.5. The molecule has 0 fully saturated rings. The average molecular weight is 165 g/mol. The van der Waals surface area contributed by atoms with Gasteiger partial charge in [0.15, 0.2) is 0 Å². The molecule has 1 atom stereocenters. The summed E-state index contributed by atoms with van der Waals surface area (Å²) in [5, 5.41) is 9.19. The van der Waals surface area contributed by atoms with Gasteiger partial charge in [-0.3, -0.25) is 0 Å². The molecular weight excluding hydrogens is 148 g/mol. The monoisotopic (exact) mass is 164 g/mol. The van der Waals surface area contributed by atoms with Gasteiger partial charge in [-0.25, -0.2) is 0 Å². The standard InChI is InChI=1S/C8H17ClO/c1-2-3-4-5-8(10)6-7-9/h8,10H,2-7H2,1H3. The summed E-state index contributed by atoms with van der Waals surface area (Å²) in [7, 11) is 0. The maximum atomic E-state index is 9.19. The minimum absolute atomic E-state index is 0.163. The lowest BCUT2D eigenvalue weighted by molar-refractivity contribution is 0.157. The summed E-state index contributed by atoms with van der Waals surface area (Å²) in [4.78, 5) is 0. The Bertz CT molecular complexity index is 66.3. The van der Waals surface area contributed by atoms with E-state index in [0.29, 0.717) is 5.88 Å². The fraction of sp³-hybridized carbons (Fsp3) is 1.00. The van der Waals surface area contributed by atoms with Crippen molar-refractivity contribution in [2.24, 2.45) is 0 Å². The van der Waals surface area contributed by atoms with Crippen molar-refractivity contribution in [2.45, 2.75) is 45.1 Å². The number of aliphatic hydroxyl groups excluding tert-OH is 1. The van der Waals surface area contributed by atoms with Gasteiger partial charge < -0.3 is 5.11 Å². The third kappa shape index (κ3) is 6.37. The van der Waals surface area contributed by atoms with Crippen LogP contribution in [0.25, 0.3) is 0 Å². The normalized spacial score (nSPS) is 13.5. The van der Waals surface area contributed by atoms with E-state index in [4.69, 9.17) is 11.6 Å². The molecule has 0 aromatic heterocycles. The predicted molar refractivity (Wildman–Crippen MR) is 45.5 cm³/mol. The molecular formula is C8H17ClO. The van der Waals surface area contributed by atoms with E-state index < -0.39 is 0 Å². The van der Waals surface area contributed by atoms with Gasteiger partial charge in [-0.2, -0.15) is 0 Å². The van der Waals surface area contributed by atoms with Crippen LogP contribution in [-0.4, -0.2) is 17.1 Å². The van der Waals surface area contributed by atoms with Gasteiger partial charge in [0.25, 0.3) is 0 Å². The van der Waals surface area contributed by atoms with Crippen LogP contribution in [0.3, 0.4) is 0 Å². The first-order chi connectivity index (χ1) is 4.81. The van der Waals surface area contributed by atoms with E-state index >= 15 is 0 Å². The summed E-state index contributed by atoms with van der Waals surface area (Å²) in [5.41, 5.74) is 0. The fourth-order valence-electron chi connectivity index (χ4n) is 0.900. The first kappa shape index (κ1) is 10.2. The summed E-state index contributed by atoms with van der Waals surface area (Å²) in [5.74, 6) is 0.577. The number of hydrogen-bond acceptors (Lipinski definition) is 1. The summed E-state index contributed by atoms with van der Waals surface area (Å²) in [6.45, 7) is 2.16. The van der Waals surface area contributed by atoms with Gasteiger partial charge in [0.2, 0.25) is 0 Å². The van der Waals surface area contributed by atoms with Crippen LogP contribution in [0.1, 0.15) is 39.0 Å². The van der Waals surface area contributed by atoms with E-state index in [-0.39, 0.29) is 6.10 Å². The number of halogens is 1. The van der Waals surface area contributed by atoms with Gasteiger partial charge in [0.05, 0.1) is 6.10 Å². The van der Waals surface area contributed by atoms with Crippen LogP contribution in [0.5, 0.6) is 0 Å². The molecule has 62 valence electrons. The van der Waals surface area contributed by atoms with Crippen LogP contribution in [0.2, 0.25) is 0 Å². The van der Waals surface area contributed by atoms with Gasteiger partial charge in [0, 0.05) is 5.88 Å². The van der Waals surface area contributed by atoms with E-state index in [0.717, 1.165) is 19.3 Å². The van der Waals surface area contributed by atoms with Crippen molar-refractivity contribution < 1.29 is 5.11 Å². The molecule has 0 aliphatic carbocycles. The summed E-state index contributed by atoms with van der Waals surface area (Å²) < 4.78 is 0. The lowest BCUT2D eigenvalue weighted by Gasteiger charge is -2.06. The Labute approximate surface area is 68.4 Å². The number of aliphatic hydroxyl groups is 1. The third-order valence-electron chi connectivity index (χ3n) is 1.58. The Morgan fingerprint density at radius 3 is 2.50 bits per heavy atom. The van der Waals surface area contributed by atoms with Crippen molar-refractivity contribution in [3.63, 3.8) is 0 Å². The highest BCUT2D eigenvalue weighted by Gasteiger charge is 2.00. The summed E-state index contributed by atoms with van der Waals surface area (Å²) in [6, 6.07) is 0. The lowest BCUT2D eigenvalue weighted by Crippen LogP contribution is -2.06. The molecule has 2 heteroatoms. The van der Waals surface area contributed by atoms with Crippen LogP contribution < -0.4 is 0 Å². The SMILES string of the molecule is CCCCCC(O)CCCl. The zero-order valence-electron chi connectivity index (χ0n) is 6.65. The molecule has 0 rings (SSSR count). The van der Waals surface area contributed by atoms with Gasteiger partial charge in [-0.1, -0.05) is 26.2 Å². The largest absolute Gasteiger partial charge is 0.393 e. The van der Waals surface area contributed by atoms with Crippen molar-refractivity contribution in [2.75, 3.05) is 5.88 Å². The van der Waals surface area contributed by atoms with E-state index in [1.54, 1.807) is 0 Å². The smallest absolute Gasteiger partial charge is 0.0551 e. The van der Waals surface area contributed by atoms with Crippen molar-refractivity contribution in [1.82, 2.24) is 0 Å². The number of alkyl halides is 1. The fourth-order valence-corrected chi connectivity index (χ4v) is 1.15. The highest BCUT2D eigenvalue weighted by Crippen LogP contribution is 2.06. The molecule has 0 aliphatic heterocycles. The Morgan fingerprint density at radius 2 is 2.00 bits per heavy atom. The molecule has 0 aliphatic rings. The van der Waals surface area contributed by atoms with Crippen LogP contribution >= 0.6 is 11.6 Å². The highest BCUT2D eigenvalue weighted by molar-refractivity contribution is 6.17. The minimum Gasteiger partial charge on any atom is -0.393 e. The Hall–Kier alpha value is 0.250. The lowest BCUT2D eigenvalue weighted by atomic mass is 10.1. The molecule has 0 heterocycles. The number of unbranched alkanes of at least 4 members (excludes halogenated alkanes) is 2. The molecule has 0 saturated heterocycles. The van der Waals surface area contributed by atoms with E-state index in [1.165, 1.54) is 12.8 Å². The number of rotatable bonds is 6. The maximum Gasteiger partial charge on any atom is 0.0551 e. The molecule has 0 aromatic carbocycles. The zero-order valence-corrected chi connectivity index (χ0v) is 7.40. The van der Waals surface area contributed by atoms with Crippen LogP contribution in [0, 0.1) is 0 Å². The Kier molecular flexibility index (Phi) is 7.54. The third-order valence-corrected chi connectivity index (χ3v) is 1.80. The summed E-state index contributed by atoms with van der Waals surface area (Å²) in [6.07, 6.45) is 5.07. The van der Waals surface area contributed by atoms with Crippen LogP contribution in [-0.2, 0) is 0 Å². The van der Waals surface area contributed by atoms with Gasteiger partial charge in [-0.05, 0) is 12.8 Å². The van der Waals surface area contributed by atoms with Crippen LogP contribution in [0.15, 0.2) is 0 Å². The van der Waals surface area contributed by atoms with E-state index in [9.17, 15) is 5.11 Å². The van der Waals surface area contributed by atoms with Gasteiger partial charge in [-0.15, -0.1) is 11.6 Å². The second-order valence-corrected chi connectivity index (χ2v) is 3.01. The first-order valence-corrected chi connectivity index (χ1v) is 4.58. The Balaban J connectivity index is 2.97. The molecule has 10 heavy (non-hydrogen) atoms. The molecule has 1 nitrogen and oxygen atoms in total. The summed E-state index contributed by atoms with van der Waals surface area (Å²) >= 11 is 5.45. The van der Waals surface area contributed by atoms with E-state index in [2.05, 4.69) is 6.92 Å². The van der Waals surface area contributed by atoms with Crippen LogP contribution in [0.4, 0.5) is 0 Å².